The lowest BCUT2D eigenvalue weighted by molar-refractivity contribution is -0.178. The third-order valence-corrected chi connectivity index (χ3v) is 9.61. The second-order valence-corrected chi connectivity index (χ2v) is 10.3. The van der Waals surface area contributed by atoms with Crippen molar-refractivity contribution in [3.05, 3.63) is 0 Å². The van der Waals surface area contributed by atoms with Crippen molar-refractivity contribution >= 4 is 17.5 Å². The lowest BCUT2D eigenvalue weighted by Crippen LogP contribution is -2.58. The van der Waals surface area contributed by atoms with Gasteiger partial charge in [0, 0.05) is 37.0 Å². The number of carbonyl (C=O) groups excluding carboxylic acids is 3. The lowest BCUT2D eigenvalue weighted by atomic mass is 9.44. The molecule has 1 unspecified atom stereocenters. The van der Waals surface area contributed by atoms with E-state index >= 15 is 0 Å². The predicted molar refractivity (Wildman–Crippen MR) is 95.2 cm³/mol. The van der Waals surface area contributed by atoms with Gasteiger partial charge in [-0.25, -0.2) is 0 Å². The molecule has 5 rings (SSSR count). The highest BCUT2D eigenvalue weighted by molar-refractivity contribution is 5.90. The predicted octanol–water partition coefficient (Wildman–Crippen LogP) is 3.85. The molecule has 0 aromatic heterocycles. The number of rotatable bonds is 0. The van der Waals surface area contributed by atoms with Crippen LogP contribution >= 0.6 is 0 Å². The first-order valence-corrected chi connectivity index (χ1v) is 10.6. The topological polar surface area (TPSA) is 60.4 Å². The Kier molecular flexibility index (Phi) is 3.39. The molecular weight excluding hydrogens is 328 g/mol. The van der Waals surface area contributed by atoms with Crippen LogP contribution in [0.15, 0.2) is 0 Å². The third-order valence-electron chi connectivity index (χ3n) is 9.61. The maximum Gasteiger partial charge on any atom is 0.306 e. The van der Waals surface area contributed by atoms with Crippen LogP contribution in [0.4, 0.5) is 0 Å². The quantitative estimate of drug-likeness (QED) is 0.617. The normalized spacial score (nSPS) is 53.2. The lowest BCUT2D eigenvalue weighted by Gasteiger charge is -2.60. The first-order chi connectivity index (χ1) is 12.3. The third kappa shape index (κ3) is 1.94. The number of ketones is 2. The summed E-state index contributed by atoms with van der Waals surface area (Å²) in [6.07, 6.45) is 8.32. The molecule has 7 atom stereocenters. The van der Waals surface area contributed by atoms with Gasteiger partial charge in [-0.1, -0.05) is 13.8 Å². The Balaban J connectivity index is 1.50. The average molecular weight is 358 g/mol. The number of Topliss-reactive ketones (excluding diaryl/α,β-unsaturated/α-hetero) is 2. The molecule has 0 N–H and O–H groups in total. The van der Waals surface area contributed by atoms with E-state index in [-0.39, 0.29) is 34.1 Å². The van der Waals surface area contributed by atoms with E-state index in [4.69, 9.17) is 4.74 Å². The number of hydrogen-bond acceptors (Lipinski definition) is 4. The van der Waals surface area contributed by atoms with E-state index in [2.05, 4.69) is 13.8 Å². The molecular formula is C22H30O4. The van der Waals surface area contributed by atoms with Crippen LogP contribution in [0.3, 0.4) is 0 Å². The van der Waals surface area contributed by atoms with Crippen molar-refractivity contribution in [3.8, 4) is 0 Å². The van der Waals surface area contributed by atoms with Gasteiger partial charge < -0.3 is 4.74 Å². The zero-order valence-corrected chi connectivity index (χ0v) is 16.0. The smallest absolute Gasteiger partial charge is 0.306 e. The molecule has 5 aliphatic rings. The summed E-state index contributed by atoms with van der Waals surface area (Å²) in [4.78, 5) is 37.0. The molecule has 0 aromatic rings. The summed E-state index contributed by atoms with van der Waals surface area (Å²) in [6, 6.07) is 0. The van der Waals surface area contributed by atoms with Gasteiger partial charge >= 0.3 is 5.97 Å². The number of ether oxygens (including phenoxy) is 1. The van der Waals surface area contributed by atoms with Crippen LogP contribution in [0.25, 0.3) is 0 Å². The first kappa shape index (κ1) is 16.9. The molecule has 4 nitrogen and oxygen atoms in total. The Labute approximate surface area is 155 Å². The molecule has 4 heteroatoms. The standard InChI is InChI=1S/C22H30O4/c1-20-7-3-13(23)11-17(20)18(24)12-14-15(20)4-8-21(2)16(14)5-9-22(21)10-6-19(25)26-22/h14-17H,3-12H2,1-2H3/t14-,15+,16+,17?,20-,21+,22-/m1/s1. The summed E-state index contributed by atoms with van der Waals surface area (Å²) in [7, 11) is 0. The largest absolute Gasteiger partial charge is 0.458 e. The van der Waals surface area contributed by atoms with Crippen LogP contribution in [-0.2, 0) is 19.1 Å². The fourth-order valence-corrected chi connectivity index (χ4v) is 8.13. The molecule has 142 valence electrons. The molecule has 1 aliphatic heterocycles. The monoisotopic (exact) mass is 358 g/mol. The average Bonchev–Trinajstić information content (AvgIpc) is 3.11. The van der Waals surface area contributed by atoms with Crippen molar-refractivity contribution in [2.75, 3.05) is 0 Å². The van der Waals surface area contributed by atoms with Gasteiger partial charge in [0.2, 0.25) is 0 Å². The van der Waals surface area contributed by atoms with E-state index in [9.17, 15) is 14.4 Å². The van der Waals surface area contributed by atoms with Crippen LogP contribution in [0, 0.1) is 34.5 Å². The first-order valence-electron chi connectivity index (χ1n) is 10.6. The number of carbonyl (C=O) groups is 3. The molecule has 0 bridgehead atoms. The highest BCUT2D eigenvalue weighted by atomic mass is 16.6. The van der Waals surface area contributed by atoms with Gasteiger partial charge in [0.25, 0.3) is 0 Å². The summed E-state index contributed by atoms with van der Waals surface area (Å²) in [6.45, 7) is 4.63. The van der Waals surface area contributed by atoms with E-state index in [0.717, 1.165) is 38.5 Å². The molecule has 1 saturated heterocycles. The Bertz CT molecular complexity index is 698. The zero-order chi connectivity index (χ0) is 18.3. The van der Waals surface area contributed by atoms with Crippen LogP contribution < -0.4 is 0 Å². The molecule has 4 aliphatic carbocycles. The van der Waals surface area contributed by atoms with Gasteiger partial charge in [0.15, 0.2) is 0 Å². The van der Waals surface area contributed by atoms with Crippen molar-refractivity contribution in [2.45, 2.75) is 83.7 Å². The molecule has 1 spiro atoms. The van der Waals surface area contributed by atoms with Crippen molar-refractivity contribution in [1.82, 2.24) is 0 Å². The number of fused-ring (bicyclic) bond motifs is 6. The minimum atomic E-state index is -0.275. The van der Waals surface area contributed by atoms with E-state index in [1.165, 1.54) is 0 Å². The van der Waals surface area contributed by atoms with E-state index in [0.29, 0.717) is 49.2 Å². The highest BCUT2D eigenvalue weighted by Gasteiger charge is 2.68. The van der Waals surface area contributed by atoms with Crippen molar-refractivity contribution in [2.24, 2.45) is 34.5 Å². The van der Waals surface area contributed by atoms with Crippen LogP contribution in [0.2, 0.25) is 0 Å². The second kappa shape index (κ2) is 5.20. The van der Waals surface area contributed by atoms with Gasteiger partial charge in [-0.05, 0) is 61.7 Å². The molecule has 5 fully saturated rings. The Morgan fingerprint density at radius 2 is 1.65 bits per heavy atom. The highest BCUT2D eigenvalue weighted by Crippen LogP contribution is 2.69. The Morgan fingerprint density at radius 3 is 2.38 bits per heavy atom. The van der Waals surface area contributed by atoms with Crippen molar-refractivity contribution in [1.29, 1.82) is 0 Å². The summed E-state index contributed by atoms with van der Waals surface area (Å²) in [5, 5.41) is 0. The summed E-state index contributed by atoms with van der Waals surface area (Å²) < 4.78 is 5.97. The maximum absolute atomic E-state index is 13.1. The number of esters is 1. The van der Waals surface area contributed by atoms with Gasteiger partial charge in [0.05, 0.1) is 0 Å². The van der Waals surface area contributed by atoms with E-state index < -0.39 is 0 Å². The van der Waals surface area contributed by atoms with Gasteiger partial charge in [-0.2, -0.15) is 0 Å². The molecule has 0 radical (unpaired) electrons. The maximum atomic E-state index is 13.1. The molecule has 26 heavy (non-hydrogen) atoms. The van der Waals surface area contributed by atoms with Gasteiger partial charge in [-0.15, -0.1) is 0 Å². The fraction of sp³-hybridized carbons (Fsp3) is 0.864. The Morgan fingerprint density at radius 1 is 0.885 bits per heavy atom. The molecule has 4 saturated carbocycles. The van der Waals surface area contributed by atoms with Crippen molar-refractivity contribution < 1.29 is 19.1 Å². The minimum Gasteiger partial charge on any atom is -0.458 e. The molecule has 0 amide bonds. The summed E-state index contributed by atoms with van der Waals surface area (Å²) in [5.74, 6) is 1.96. The minimum absolute atomic E-state index is 0.00263. The zero-order valence-electron chi connectivity index (χ0n) is 16.0. The van der Waals surface area contributed by atoms with Crippen LogP contribution in [0.1, 0.15) is 78.1 Å². The van der Waals surface area contributed by atoms with Crippen LogP contribution in [0.5, 0.6) is 0 Å². The molecule has 0 aromatic carbocycles. The van der Waals surface area contributed by atoms with Gasteiger partial charge in [0.1, 0.15) is 17.2 Å². The van der Waals surface area contributed by atoms with E-state index in [1.54, 1.807) is 0 Å². The fourth-order valence-electron chi connectivity index (χ4n) is 8.13. The Hall–Kier alpha value is -1.19. The summed E-state index contributed by atoms with van der Waals surface area (Å²) >= 11 is 0. The van der Waals surface area contributed by atoms with E-state index in [1.807, 2.05) is 0 Å². The van der Waals surface area contributed by atoms with Crippen molar-refractivity contribution in [3.63, 3.8) is 0 Å². The second-order valence-electron chi connectivity index (χ2n) is 10.3. The molecule has 1 heterocycles. The van der Waals surface area contributed by atoms with Crippen LogP contribution in [-0.4, -0.2) is 23.1 Å². The summed E-state index contributed by atoms with van der Waals surface area (Å²) in [5.41, 5.74) is -0.255. The van der Waals surface area contributed by atoms with Gasteiger partial charge in [-0.3, -0.25) is 14.4 Å². The number of hydrogen-bond donors (Lipinski definition) is 0. The SMILES string of the molecule is C[C@]12CCC(=O)CC1C(=O)C[C@@H]1[C@@H]2CC[C@@]2(C)[C@H]1CC[C@@]21CCC(=O)O1.